The number of carbonyl (C=O) groups excluding carboxylic acids is 1. The van der Waals surface area contributed by atoms with Gasteiger partial charge in [-0.15, -0.1) is 0 Å². The summed E-state index contributed by atoms with van der Waals surface area (Å²) in [6.07, 6.45) is 8.12. The molecule has 0 unspecified atom stereocenters. The average molecular weight is 608 g/mol. The van der Waals surface area contributed by atoms with Gasteiger partial charge in [0.15, 0.2) is 11.5 Å². The molecule has 0 atom stereocenters. The molecule has 0 saturated heterocycles. The van der Waals surface area contributed by atoms with Crippen LogP contribution in [0.15, 0.2) is 79.4 Å². The highest BCUT2D eigenvalue weighted by atomic mass is 19.1. The number of hydrogen-bond acceptors (Lipinski definition) is 7. The summed E-state index contributed by atoms with van der Waals surface area (Å²) in [6, 6.07) is 17.8. The Balaban J connectivity index is 1.29. The molecule has 0 spiro atoms. The second-order valence-corrected chi connectivity index (χ2v) is 11.8. The normalized spacial score (nSPS) is 16.6. The number of aromatic nitrogens is 4. The molecule has 1 fully saturated rings. The van der Waals surface area contributed by atoms with Crippen LogP contribution in [0, 0.1) is 0 Å². The topological polar surface area (TPSA) is 105 Å². The molecular weight excluding hydrogens is 569 g/mol. The fourth-order valence-corrected chi connectivity index (χ4v) is 6.00. The Morgan fingerprint density at radius 1 is 1.11 bits per heavy atom. The van der Waals surface area contributed by atoms with Crippen LogP contribution in [-0.4, -0.2) is 44.7 Å². The van der Waals surface area contributed by atoms with Crippen molar-refractivity contribution in [2.75, 3.05) is 23.1 Å². The van der Waals surface area contributed by atoms with E-state index in [9.17, 15) is 9.18 Å². The van der Waals surface area contributed by atoms with Crippen molar-refractivity contribution >= 4 is 39.6 Å². The van der Waals surface area contributed by atoms with E-state index in [0.29, 0.717) is 24.4 Å². The third-order valence-electron chi connectivity index (χ3n) is 8.48. The van der Waals surface area contributed by atoms with Crippen LogP contribution >= 0.6 is 0 Å². The van der Waals surface area contributed by atoms with Gasteiger partial charge in [-0.3, -0.25) is 9.78 Å². The van der Waals surface area contributed by atoms with E-state index in [-0.39, 0.29) is 5.92 Å². The molecular formula is C35H38FN7O2. The predicted molar refractivity (Wildman–Crippen MR) is 177 cm³/mol. The van der Waals surface area contributed by atoms with Crippen LogP contribution in [0.5, 0.6) is 0 Å². The lowest BCUT2D eigenvalue weighted by atomic mass is 9.93. The smallest absolute Gasteiger partial charge is 0.283 e. The van der Waals surface area contributed by atoms with Crippen molar-refractivity contribution in [2.24, 2.45) is 0 Å². The van der Waals surface area contributed by atoms with Crippen molar-refractivity contribution in [1.82, 2.24) is 19.6 Å². The molecule has 1 amide bonds. The lowest BCUT2D eigenvalue weighted by molar-refractivity contribution is -0.114. The number of methoxy groups -OCH3 is 1. The molecule has 3 N–H and O–H groups in total. The molecule has 1 aliphatic rings. The molecule has 232 valence electrons. The van der Waals surface area contributed by atoms with Gasteiger partial charge in [-0.1, -0.05) is 50.8 Å². The minimum Gasteiger partial charge on any atom is -0.381 e. The molecule has 10 heteroatoms. The third-order valence-corrected chi connectivity index (χ3v) is 8.48. The molecule has 3 aromatic heterocycles. The molecule has 9 nitrogen and oxygen atoms in total. The van der Waals surface area contributed by atoms with Gasteiger partial charge in [0, 0.05) is 54.2 Å². The fourth-order valence-electron chi connectivity index (χ4n) is 6.00. The second kappa shape index (κ2) is 13.0. The van der Waals surface area contributed by atoms with E-state index in [4.69, 9.17) is 19.8 Å². The molecule has 0 radical (unpaired) electrons. The first-order valence-corrected chi connectivity index (χ1v) is 15.4. The zero-order chi connectivity index (χ0) is 31.5. The van der Waals surface area contributed by atoms with Gasteiger partial charge in [-0.05, 0) is 60.7 Å². The molecule has 1 aliphatic carbocycles. The van der Waals surface area contributed by atoms with Gasteiger partial charge in [0.25, 0.3) is 5.91 Å². The van der Waals surface area contributed by atoms with Crippen molar-refractivity contribution in [2.45, 2.75) is 64.1 Å². The highest BCUT2D eigenvalue weighted by molar-refractivity contribution is 6.04. The van der Waals surface area contributed by atoms with E-state index in [2.05, 4.69) is 48.5 Å². The van der Waals surface area contributed by atoms with E-state index < -0.39 is 11.7 Å². The minimum absolute atomic E-state index is 0.276. The number of nitrogens with one attached hydrogen (secondary N) is 3. The van der Waals surface area contributed by atoms with Crippen LogP contribution in [0.4, 0.5) is 21.7 Å². The van der Waals surface area contributed by atoms with Gasteiger partial charge < -0.3 is 20.7 Å². The zero-order valence-corrected chi connectivity index (χ0v) is 25.8. The molecule has 2 aromatic carbocycles. The van der Waals surface area contributed by atoms with Crippen molar-refractivity contribution in [3.05, 3.63) is 90.5 Å². The van der Waals surface area contributed by atoms with Crippen LogP contribution in [-0.2, 0) is 16.1 Å². The number of ether oxygens (including phenoxy) is 1. The van der Waals surface area contributed by atoms with Gasteiger partial charge in [0.05, 0.1) is 18.0 Å². The van der Waals surface area contributed by atoms with Crippen molar-refractivity contribution in [1.29, 1.82) is 0 Å². The quantitative estimate of drug-likeness (QED) is 0.141. The SMILES string of the molecule is C=C(F)C(=O)Nc1ccc2c(-c3ccccc3CNc3cc(NC4CCC(OC)CC4)nc4c(C(C)C)cnn34)nccc2c1. The molecule has 6 rings (SSSR count). The summed E-state index contributed by atoms with van der Waals surface area (Å²) in [5.74, 6) is 0.0517. The summed E-state index contributed by atoms with van der Waals surface area (Å²) in [5, 5.41) is 16.3. The van der Waals surface area contributed by atoms with Crippen molar-refractivity contribution in [3.8, 4) is 11.3 Å². The van der Waals surface area contributed by atoms with Crippen LogP contribution in [0.25, 0.3) is 27.7 Å². The van der Waals surface area contributed by atoms with E-state index in [0.717, 1.165) is 76.1 Å². The summed E-state index contributed by atoms with van der Waals surface area (Å²) in [6.45, 7) is 7.90. The Labute approximate surface area is 261 Å². The monoisotopic (exact) mass is 607 g/mol. The number of fused-ring (bicyclic) bond motifs is 2. The molecule has 0 bridgehead atoms. The van der Waals surface area contributed by atoms with E-state index in [1.807, 2.05) is 41.0 Å². The number of nitrogens with zero attached hydrogens (tertiary/aromatic N) is 4. The van der Waals surface area contributed by atoms with E-state index in [1.54, 1.807) is 25.4 Å². The number of carbonyl (C=O) groups is 1. The lowest BCUT2D eigenvalue weighted by Crippen LogP contribution is -2.29. The Bertz CT molecular complexity index is 1860. The number of rotatable bonds is 10. The third kappa shape index (κ3) is 6.51. The number of halogens is 1. The first kappa shape index (κ1) is 30.2. The molecule has 1 saturated carbocycles. The van der Waals surface area contributed by atoms with E-state index in [1.165, 1.54) is 0 Å². The molecule has 3 heterocycles. The Morgan fingerprint density at radius 2 is 1.91 bits per heavy atom. The van der Waals surface area contributed by atoms with Crippen molar-refractivity contribution in [3.63, 3.8) is 0 Å². The number of pyridine rings is 1. The fraction of sp³-hybridized carbons (Fsp3) is 0.314. The summed E-state index contributed by atoms with van der Waals surface area (Å²) in [4.78, 5) is 21.5. The number of anilines is 3. The Kier molecular flexibility index (Phi) is 8.75. The second-order valence-electron chi connectivity index (χ2n) is 11.8. The first-order chi connectivity index (χ1) is 21.8. The highest BCUT2D eigenvalue weighted by Gasteiger charge is 2.22. The Hall–Kier alpha value is -4.83. The van der Waals surface area contributed by atoms with Crippen LogP contribution in [0.2, 0.25) is 0 Å². The van der Waals surface area contributed by atoms with Crippen molar-refractivity contribution < 1.29 is 13.9 Å². The maximum Gasteiger partial charge on any atom is 0.283 e. The van der Waals surface area contributed by atoms with Gasteiger partial charge in [0.1, 0.15) is 11.6 Å². The number of hydrogen-bond donors (Lipinski definition) is 3. The maximum absolute atomic E-state index is 13.3. The summed E-state index contributed by atoms with van der Waals surface area (Å²) in [5.41, 5.74) is 5.26. The van der Waals surface area contributed by atoms with Crippen LogP contribution < -0.4 is 16.0 Å². The maximum atomic E-state index is 13.3. The standard InChI is InChI=1S/C35H38FN7O2/c1-21(2)30-20-39-43-32(18-31(42-34(30)43)40-25-9-12-27(45-4)13-10-25)38-19-24-7-5-6-8-28(24)33-29-14-11-26(41-35(44)22(3)36)17-23(29)15-16-37-33/h5-8,11,14-18,20-21,25,27,38H,3,9-10,12-13,19H2,1-2,4H3,(H,40,42)(H,41,44). The van der Waals surface area contributed by atoms with Gasteiger partial charge in [0.2, 0.25) is 0 Å². The van der Waals surface area contributed by atoms with Gasteiger partial charge in [-0.25, -0.2) is 9.37 Å². The molecule has 0 aliphatic heterocycles. The minimum atomic E-state index is -1.04. The summed E-state index contributed by atoms with van der Waals surface area (Å²) in [7, 11) is 1.79. The first-order valence-electron chi connectivity index (χ1n) is 15.4. The van der Waals surface area contributed by atoms with Crippen LogP contribution in [0.1, 0.15) is 56.6 Å². The number of benzene rings is 2. The van der Waals surface area contributed by atoms with Gasteiger partial charge in [-0.2, -0.15) is 9.61 Å². The lowest BCUT2D eigenvalue weighted by Gasteiger charge is -2.28. The largest absolute Gasteiger partial charge is 0.381 e. The van der Waals surface area contributed by atoms with Crippen LogP contribution in [0.3, 0.4) is 0 Å². The van der Waals surface area contributed by atoms with Gasteiger partial charge >= 0.3 is 0 Å². The highest BCUT2D eigenvalue weighted by Crippen LogP contribution is 2.32. The summed E-state index contributed by atoms with van der Waals surface area (Å²) < 4.78 is 20.7. The number of amides is 1. The Morgan fingerprint density at radius 3 is 2.67 bits per heavy atom. The van der Waals surface area contributed by atoms with E-state index >= 15 is 0 Å². The predicted octanol–water partition coefficient (Wildman–Crippen LogP) is 7.47. The average Bonchev–Trinajstić information content (AvgIpc) is 3.48. The molecule has 5 aromatic rings. The molecule has 45 heavy (non-hydrogen) atoms. The summed E-state index contributed by atoms with van der Waals surface area (Å²) >= 11 is 0. The zero-order valence-electron chi connectivity index (χ0n) is 25.8.